The molecule has 3 heteroatoms. The van der Waals surface area contributed by atoms with Crippen LogP contribution in [0.25, 0.3) is 18.6 Å². The summed E-state index contributed by atoms with van der Waals surface area (Å²) >= 11 is 4.12. The van der Waals surface area contributed by atoms with Gasteiger partial charge in [-0.2, -0.15) is 0 Å². The van der Waals surface area contributed by atoms with Gasteiger partial charge in [0.05, 0.1) is 0 Å². The average Bonchev–Trinajstić information content (AvgIpc) is 3.02. The van der Waals surface area contributed by atoms with E-state index in [2.05, 4.69) is 54.1 Å². The second kappa shape index (κ2) is 4.87. The zero-order chi connectivity index (χ0) is 11.7. The monoisotopic (exact) mass is 323 g/mol. The van der Waals surface area contributed by atoms with E-state index in [1.165, 1.54) is 24.2 Å². The van der Waals surface area contributed by atoms with Crippen molar-refractivity contribution in [2.24, 2.45) is 0 Å². The van der Waals surface area contributed by atoms with Crippen molar-refractivity contribution < 1.29 is 0 Å². The Morgan fingerprint density at radius 1 is 0.882 bits per heavy atom. The van der Waals surface area contributed by atoms with Crippen LogP contribution in [-0.4, -0.2) is 14.5 Å². The van der Waals surface area contributed by atoms with E-state index in [1.54, 1.807) is 0 Å². The first-order chi connectivity index (χ1) is 8.33. The molecule has 3 aromatic heterocycles. The Balaban J connectivity index is 2.13. The predicted molar refractivity (Wildman–Crippen MR) is 79.2 cm³/mol. The van der Waals surface area contributed by atoms with Gasteiger partial charge in [-0.3, -0.25) is 0 Å². The van der Waals surface area contributed by atoms with Gasteiger partial charge in [0, 0.05) is 0 Å². The third-order valence-electron chi connectivity index (χ3n) is 2.47. The van der Waals surface area contributed by atoms with E-state index >= 15 is 0 Å². The molecule has 0 nitrogen and oxygen atoms in total. The molecule has 0 unspecified atom stereocenters. The summed E-state index contributed by atoms with van der Waals surface area (Å²) in [6.07, 6.45) is 0. The van der Waals surface area contributed by atoms with Gasteiger partial charge >= 0.3 is 115 Å². The molecule has 0 spiro atoms. The maximum atomic E-state index is 2.34. The summed E-state index contributed by atoms with van der Waals surface area (Å²) in [5.74, 6) is 0. The number of rotatable bonds is 2. The van der Waals surface area contributed by atoms with Crippen LogP contribution in [-0.2, 0) is 0 Å². The van der Waals surface area contributed by atoms with Gasteiger partial charge in [-0.1, -0.05) is 0 Å². The fraction of sp³-hybridized carbons (Fsp3) is 0.0714. The van der Waals surface area contributed by atoms with Crippen molar-refractivity contribution in [1.29, 1.82) is 0 Å². The summed E-state index contributed by atoms with van der Waals surface area (Å²) in [4.78, 5) is 2.85. The molecule has 0 bridgehead atoms. The van der Waals surface area contributed by atoms with Gasteiger partial charge < -0.3 is 0 Å². The first-order valence-corrected chi connectivity index (χ1v) is 8.83. The number of hydrogen-bond donors (Lipinski definition) is 0. The Kier molecular flexibility index (Phi) is 3.26. The molecule has 0 aliphatic heterocycles. The molecule has 0 fully saturated rings. The van der Waals surface area contributed by atoms with Gasteiger partial charge in [0.2, 0.25) is 0 Å². The third-order valence-corrected chi connectivity index (χ3v) is 7.20. The molecular weight excluding hydrogens is 311 g/mol. The Hall–Kier alpha value is -0.731. The second-order valence-electron chi connectivity index (χ2n) is 3.82. The summed E-state index contributed by atoms with van der Waals surface area (Å²) in [6.45, 7) is 2.19. The van der Waals surface area contributed by atoms with E-state index in [0.29, 0.717) is 14.5 Å². The van der Waals surface area contributed by atoms with Crippen LogP contribution in [0.2, 0.25) is 0 Å². The molecule has 3 aromatic rings. The molecule has 0 radical (unpaired) electrons. The van der Waals surface area contributed by atoms with Crippen molar-refractivity contribution in [2.75, 3.05) is 0 Å². The van der Waals surface area contributed by atoms with Crippen molar-refractivity contribution in [2.45, 2.75) is 6.92 Å². The number of hydrogen-bond acceptors (Lipinski definition) is 2. The zero-order valence-corrected chi connectivity index (χ0v) is 12.7. The van der Waals surface area contributed by atoms with Gasteiger partial charge in [-0.25, -0.2) is 0 Å². The first kappa shape index (κ1) is 11.4. The molecule has 3 heterocycles. The van der Waals surface area contributed by atoms with Gasteiger partial charge in [-0.05, 0) is 0 Å². The van der Waals surface area contributed by atoms with Gasteiger partial charge in [0.1, 0.15) is 0 Å². The van der Waals surface area contributed by atoms with Crippen LogP contribution in [0, 0.1) is 6.92 Å². The minimum atomic E-state index is 0.440. The molecule has 0 saturated carbocycles. The van der Waals surface area contributed by atoms with Crippen molar-refractivity contribution in [3.8, 4) is 18.6 Å². The molecule has 84 valence electrons. The van der Waals surface area contributed by atoms with Gasteiger partial charge in [-0.15, -0.1) is 0 Å². The van der Waals surface area contributed by atoms with E-state index in [0.717, 1.165) is 0 Å². The molecule has 0 atom stereocenters. The minimum absolute atomic E-state index is 0.440. The quantitative estimate of drug-likeness (QED) is 0.595. The van der Waals surface area contributed by atoms with Crippen LogP contribution < -0.4 is 0 Å². The fourth-order valence-electron chi connectivity index (χ4n) is 1.71. The Labute approximate surface area is 115 Å². The molecular formula is C14H11S2Se+. The summed E-state index contributed by atoms with van der Waals surface area (Å²) in [6, 6.07) is 13.4. The first-order valence-electron chi connectivity index (χ1n) is 5.35. The Bertz CT molecular complexity index is 557. The molecule has 0 aromatic carbocycles. The molecule has 3 rings (SSSR count). The van der Waals surface area contributed by atoms with Crippen LogP contribution in [0.5, 0.6) is 0 Å². The van der Waals surface area contributed by atoms with E-state index in [-0.39, 0.29) is 0 Å². The summed E-state index contributed by atoms with van der Waals surface area (Å²) < 4.78 is 3.02. The number of aryl methyl sites for hydroxylation is 1. The summed E-state index contributed by atoms with van der Waals surface area (Å²) in [7, 11) is 0. The molecule has 0 aliphatic rings. The predicted octanol–water partition coefficient (Wildman–Crippen LogP) is 4.79. The normalized spacial score (nSPS) is 10.6. The Morgan fingerprint density at radius 2 is 1.41 bits per heavy atom. The van der Waals surface area contributed by atoms with Crippen molar-refractivity contribution >= 4 is 37.2 Å². The van der Waals surface area contributed by atoms with E-state index in [9.17, 15) is 0 Å². The summed E-state index contributed by atoms with van der Waals surface area (Å²) in [5, 5.41) is 4.31. The van der Waals surface area contributed by atoms with Gasteiger partial charge in [0.25, 0.3) is 0 Å². The topological polar surface area (TPSA) is 0 Å². The maximum absolute atomic E-state index is 2.34. The van der Waals surface area contributed by atoms with Crippen LogP contribution in [0.4, 0.5) is 0 Å². The van der Waals surface area contributed by atoms with E-state index in [4.69, 9.17) is 0 Å². The standard InChI is InChI=1S/C14H11S2Se/c1-10-8-13(11-4-2-6-15-11)17-14(9-10)12-5-3-7-16-12/h2-9H,1H3/q+1. The van der Waals surface area contributed by atoms with E-state index in [1.807, 2.05) is 22.7 Å². The van der Waals surface area contributed by atoms with Crippen LogP contribution in [0.3, 0.4) is 0 Å². The molecule has 0 amide bonds. The molecule has 0 N–H and O–H groups in total. The molecule has 0 saturated heterocycles. The van der Waals surface area contributed by atoms with Gasteiger partial charge in [0.15, 0.2) is 0 Å². The molecule has 17 heavy (non-hydrogen) atoms. The van der Waals surface area contributed by atoms with Crippen molar-refractivity contribution in [1.82, 2.24) is 0 Å². The number of thiophene rings is 2. The van der Waals surface area contributed by atoms with Crippen molar-refractivity contribution in [3.05, 3.63) is 52.7 Å². The zero-order valence-electron chi connectivity index (χ0n) is 9.34. The molecule has 0 aliphatic carbocycles. The third kappa shape index (κ3) is 2.43. The van der Waals surface area contributed by atoms with Crippen LogP contribution in [0.15, 0.2) is 47.2 Å². The Morgan fingerprint density at radius 3 is 1.82 bits per heavy atom. The fourth-order valence-corrected chi connectivity index (χ4v) is 6.26. The van der Waals surface area contributed by atoms with Crippen LogP contribution >= 0.6 is 22.7 Å². The average molecular weight is 322 g/mol. The van der Waals surface area contributed by atoms with E-state index < -0.39 is 0 Å². The summed E-state index contributed by atoms with van der Waals surface area (Å²) in [5.41, 5.74) is 1.37. The van der Waals surface area contributed by atoms with Crippen molar-refractivity contribution in [3.63, 3.8) is 0 Å². The second-order valence-corrected chi connectivity index (χ2v) is 7.99. The SMILES string of the molecule is Cc1cc(-c2cccs2)[se+]c(-c2cccs2)c1. The van der Waals surface area contributed by atoms with Crippen LogP contribution in [0.1, 0.15) is 5.56 Å².